The van der Waals surface area contributed by atoms with Gasteiger partial charge < -0.3 is 15.3 Å². The molecular formula is C16H30N2O3. The van der Waals surface area contributed by atoms with Crippen molar-refractivity contribution in [3.05, 3.63) is 0 Å². The van der Waals surface area contributed by atoms with Crippen LogP contribution in [0.3, 0.4) is 0 Å². The quantitative estimate of drug-likeness (QED) is 0.818. The summed E-state index contributed by atoms with van der Waals surface area (Å²) in [6.45, 7) is 8.92. The highest BCUT2D eigenvalue weighted by Crippen LogP contribution is 2.35. The highest BCUT2D eigenvalue weighted by molar-refractivity contribution is 5.76. The molecule has 0 unspecified atom stereocenters. The molecule has 0 atom stereocenters. The number of nitrogens with zero attached hydrogens (tertiary/aromatic N) is 1. The van der Waals surface area contributed by atoms with E-state index in [9.17, 15) is 9.59 Å². The van der Waals surface area contributed by atoms with E-state index in [0.29, 0.717) is 6.54 Å². The van der Waals surface area contributed by atoms with Gasteiger partial charge in [-0.2, -0.15) is 0 Å². The fraction of sp³-hybridized carbons (Fsp3) is 0.875. The number of carboxylic acids is 1. The molecule has 1 aliphatic rings. The number of hydrogen-bond donors (Lipinski definition) is 2. The van der Waals surface area contributed by atoms with Crippen molar-refractivity contribution in [2.45, 2.75) is 71.8 Å². The highest BCUT2D eigenvalue weighted by Gasteiger charge is 2.30. The average Bonchev–Trinajstić information content (AvgIpc) is 2.35. The molecule has 1 saturated carbocycles. The molecule has 1 rings (SSSR count). The molecule has 5 nitrogen and oxygen atoms in total. The monoisotopic (exact) mass is 298 g/mol. The zero-order valence-corrected chi connectivity index (χ0v) is 13.9. The fourth-order valence-electron chi connectivity index (χ4n) is 2.92. The second-order valence-corrected chi connectivity index (χ2v) is 7.50. The summed E-state index contributed by atoms with van der Waals surface area (Å²) >= 11 is 0. The molecule has 0 aromatic heterocycles. The van der Waals surface area contributed by atoms with E-state index in [1.165, 1.54) is 19.3 Å². The molecule has 0 aliphatic heterocycles. The molecule has 0 spiro atoms. The number of carbonyl (C=O) groups excluding carboxylic acids is 1. The first kappa shape index (κ1) is 17.8. The van der Waals surface area contributed by atoms with Crippen LogP contribution >= 0.6 is 0 Å². The number of urea groups is 1. The Morgan fingerprint density at radius 1 is 1.19 bits per heavy atom. The standard InChI is InChI=1S/C16H30N2O3/c1-15(2,3)18(11-8-13(19)20)14(21)17-12-16(4)9-6-5-7-10-16/h5-12H2,1-4H3,(H,17,21)(H,19,20). The van der Waals surface area contributed by atoms with Crippen molar-refractivity contribution >= 4 is 12.0 Å². The number of nitrogens with one attached hydrogen (secondary N) is 1. The number of aliphatic carboxylic acids is 1. The van der Waals surface area contributed by atoms with Crippen LogP contribution in [0.15, 0.2) is 0 Å². The largest absolute Gasteiger partial charge is 0.481 e. The van der Waals surface area contributed by atoms with Crippen LogP contribution in [0.1, 0.15) is 66.2 Å². The molecule has 0 heterocycles. The summed E-state index contributed by atoms with van der Waals surface area (Å²) in [5, 5.41) is 11.8. The Hall–Kier alpha value is -1.26. The third kappa shape index (κ3) is 5.94. The SMILES string of the molecule is CC1(CNC(=O)N(CCC(=O)O)C(C)(C)C)CCCCC1. The lowest BCUT2D eigenvalue weighted by atomic mass is 9.76. The average molecular weight is 298 g/mol. The van der Waals surface area contributed by atoms with Crippen LogP contribution in [0, 0.1) is 5.41 Å². The predicted molar refractivity (Wildman–Crippen MR) is 83.3 cm³/mol. The van der Waals surface area contributed by atoms with Crippen LogP contribution in [0.4, 0.5) is 4.79 Å². The maximum Gasteiger partial charge on any atom is 0.317 e. The second kappa shape index (κ2) is 7.14. The molecule has 1 fully saturated rings. The molecule has 0 saturated heterocycles. The van der Waals surface area contributed by atoms with Gasteiger partial charge in [-0.25, -0.2) is 4.79 Å². The molecule has 0 radical (unpaired) electrons. The first-order valence-electron chi connectivity index (χ1n) is 7.91. The minimum Gasteiger partial charge on any atom is -0.481 e. The van der Waals surface area contributed by atoms with Gasteiger partial charge in [0.2, 0.25) is 0 Å². The highest BCUT2D eigenvalue weighted by atomic mass is 16.4. The Labute approximate surface area is 128 Å². The van der Waals surface area contributed by atoms with Crippen molar-refractivity contribution in [3.8, 4) is 0 Å². The van der Waals surface area contributed by atoms with Crippen LogP contribution < -0.4 is 5.32 Å². The molecule has 1 aliphatic carbocycles. The minimum atomic E-state index is -0.878. The van der Waals surface area contributed by atoms with Gasteiger partial charge in [0.15, 0.2) is 0 Å². The van der Waals surface area contributed by atoms with E-state index in [4.69, 9.17) is 5.11 Å². The number of hydrogen-bond acceptors (Lipinski definition) is 2. The summed E-state index contributed by atoms with van der Waals surface area (Å²) in [4.78, 5) is 24.8. The molecule has 5 heteroatoms. The van der Waals surface area contributed by atoms with Gasteiger partial charge in [-0.15, -0.1) is 0 Å². The van der Waals surface area contributed by atoms with Gasteiger partial charge in [0.1, 0.15) is 0 Å². The number of carboxylic acid groups (broad SMARTS) is 1. The van der Waals surface area contributed by atoms with Crippen molar-refractivity contribution in [1.82, 2.24) is 10.2 Å². The predicted octanol–water partition coefficient (Wildman–Crippen LogP) is 3.24. The summed E-state index contributed by atoms with van der Waals surface area (Å²) in [5.74, 6) is -0.878. The first-order valence-corrected chi connectivity index (χ1v) is 7.91. The van der Waals surface area contributed by atoms with E-state index in [0.717, 1.165) is 12.8 Å². The Morgan fingerprint density at radius 2 is 1.76 bits per heavy atom. The third-order valence-electron chi connectivity index (χ3n) is 4.33. The number of rotatable bonds is 5. The van der Waals surface area contributed by atoms with Crippen LogP contribution in [0.5, 0.6) is 0 Å². The van der Waals surface area contributed by atoms with Crippen molar-refractivity contribution in [2.75, 3.05) is 13.1 Å². The first-order chi connectivity index (χ1) is 9.64. The summed E-state index contributed by atoms with van der Waals surface area (Å²) < 4.78 is 0. The molecule has 122 valence electrons. The van der Waals surface area contributed by atoms with Crippen LogP contribution in [-0.2, 0) is 4.79 Å². The maximum atomic E-state index is 12.4. The van der Waals surface area contributed by atoms with Gasteiger partial charge in [-0.05, 0) is 39.0 Å². The lowest BCUT2D eigenvalue weighted by Gasteiger charge is -2.38. The zero-order chi connectivity index (χ0) is 16.1. The Bertz CT molecular complexity index is 368. The van der Waals surface area contributed by atoms with Crippen molar-refractivity contribution < 1.29 is 14.7 Å². The van der Waals surface area contributed by atoms with E-state index in [1.807, 2.05) is 20.8 Å². The van der Waals surface area contributed by atoms with E-state index in [2.05, 4.69) is 12.2 Å². The van der Waals surface area contributed by atoms with Gasteiger partial charge in [0, 0.05) is 18.6 Å². The lowest BCUT2D eigenvalue weighted by Crippen LogP contribution is -2.52. The Morgan fingerprint density at radius 3 is 2.24 bits per heavy atom. The maximum absolute atomic E-state index is 12.4. The zero-order valence-electron chi connectivity index (χ0n) is 13.9. The van der Waals surface area contributed by atoms with E-state index >= 15 is 0 Å². The lowest BCUT2D eigenvalue weighted by molar-refractivity contribution is -0.137. The molecule has 2 amide bonds. The summed E-state index contributed by atoms with van der Waals surface area (Å²) in [7, 11) is 0. The summed E-state index contributed by atoms with van der Waals surface area (Å²) in [6, 6.07) is -0.157. The van der Waals surface area contributed by atoms with Crippen molar-refractivity contribution in [1.29, 1.82) is 0 Å². The fourth-order valence-corrected chi connectivity index (χ4v) is 2.92. The van der Waals surface area contributed by atoms with Crippen LogP contribution in [0.2, 0.25) is 0 Å². The summed E-state index contributed by atoms with van der Waals surface area (Å²) in [6.07, 6.45) is 6.02. The molecule has 0 bridgehead atoms. The minimum absolute atomic E-state index is 0.0258. The van der Waals surface area contributed by atoms with Gasteiger partial charge in [-0.3, -0.25) is 4.79 Å². The topological polar surface area (TPSA) is 69.6 Å². The van der Waals surface area contributed by atoms with Gasteiger partial charge in [-0.1, -0.05) is 26.2 Å². The Kier molecular flexibility index (Phi) is 6.05. The third-order valence-corrected chi connectivity index (χ3v) is 4.33. The molecule has 0 aromatic carbocycles. The van der Waals surface area contributed by atoms with Gasteiger partial charge in [0.05, 0.1) is 6.42 Å². The summed E-state index contributed by atoms with van der Waals surface area (Å²) in [5.41, 5.74) is -0.197. The van der Waals surface area contributed by atoms with Crippen LogP contribution in [-0.4, -0.2) is 40.6 Å². The molecule has 21 heavy (non-hydrogen) atoms. The Balaban J connectivity index is 2.57. The van der Waals surface area contributed by atoms with Gasteiger partial charge >= 0.3 is 12.0 Å². The van der Waals surface area contributed by atoms with E-state index < -0.39 is 5.97 Å². The van der Waals surface area contributed by atoms with Crippen molar-refractivity contribution in [2.24, 2.45) is 5.41 Å². The van der Waals surface area contributed by atoms with E-state index in [1.54, 1.807) is 4.90 Å². The molecule has 0 aromatic rings. The molecule has 2 N–H and O–H groups in total. The number of amides is 2. The smallest absolute Gasteiger partial charge is 0.317 e. The normalized spacial score (nSPS) is 18.1. The van der Waals surface area contributed by atoms with Crippen molar-refractivity contribution in [3.63, 3.8) is 0 Å². The number of carbonyl (C=O) groups is 2. The van der Waals surface area contributed by atoms with E-state index in [-0.39, 0.29) is 30.0 Å². The van der Waals surface area contributed by atoms with Gasteiger partial charge in [0.25, 0.3) is 0 Å². The van der Waals surface area contributed by atoms with Crippen LogP contribution in [0.25, 0.3) is 0 Å². The second-order valence-electron chi connectivity index (χ2n) is 7.50. The molecular weight excluding hydrogens is 268 g/mol.